The van der Waals surface area contributed by atoms with Crippen LogP contribution in [0.4, 0.5) is 0 Å². The van der Waals surface area contributed by atoms with Crippen molar-refractivity contribution in [2.75, 3.05) is 20.2 Å². The van der Waals surface area contributed by atoms with Crippen LogP contribution in [0.5, 0.6) is 5.75 Å². The highest BCUT2D eigenvalue weighted by molar-refractivity contribution is 5.91. The summed E-state index contributed by atoms with van der Waals surface area (Å²) in [6.07, 6.45) is 4.41. The van der Waals surface area contributed by atoms with E-state index >= 15 is 0 Å². The molecule has 3 fully saturated rings. The third-order valence-corrected chi connectivity index (χ3v) is 5.86. The van der Waals surface area contributed by atoms with E-state index in [9.17, 15) is 9.59 Å². The fraction of sp³-hybridized carbons (Fsp3) is 0.579. The molecule has 24 heavy (non-hydrogen) atoms. The molecule has 1 aromatic rings. The summed E-state index contributed by atoms with van der Waals surface area (Å²) < 4.78 is 5.21. The van der Waals surface area contributed by atoms with Gasteiger partial charge < -0.3 is 15.0 Å². The number of fused-ring (bicyclic) bond motifs is 1. The van der Waals surface area contributed by atoms with Gasteiger partial charge in [0, 0.05) is 19.5 Å². The molecule has 2 aliphatic heterocycles. The molecule has 2 heterocycles. The molecule has 2 amide bonds. The van der Waals surface area contributed by atoms with Gasteiger partial charge in [-0.25, -0.2) is 0 Å². The predicted octanol–water partition coefficient (Wildman–Crippen LogP) is 1.85. The molecule has 128 valence electrons. The number of likely N-dealkylation sites (tertiary alicyclic amines) is 1. The van der Waals surface area contributed by atoms with E-state index in [1.165, 1.54) is 0 Å². The molecule has 0 spiro atoms. The largest absolute Gasteiger partial charge is 0.497 e. The van der Waals surface area contributed by atoms with Crippen molar-refractivity contribution in [2.45, 2.75) is 43.6 Å². The van der Waals surface area contributed by atoms with Crippen molar-refractivity contribution >= 4 is 11.8 Å². The van der Waals surface area contributed by atoms with Gasteiger partial charge in [-0.1, -0.05) is 12.1 Å². The number of ether oxygens (including phenoxy) is 1. The summed E-state index contributed by atoms with van der Waals surface area (Å²) in [5, 5.41) is 3.10. The van der Waals surface area contributed by atoms with Crippen LogP contribution in [0.15, 0.2) is 24.3 Å². The van der Waals surface area contributed by atoms with Crippen LogP contribution in [0.3, 0.4) is 0 Å². The van der Waals surface area contributed by atoms with Crippen molar-refractivity contribution in [3.05, 3.63) is 29.8 Å². The monoisotopic (exact) mass is 328 g/mol. The second-order valence-electron chi connectivity index (χ2n) is 7.35. The molecule has 5 nitrogen and oxygen atoms in total. The summed E-state index contributed by atoms with van der Waals surface area (Å²) in [5.41, 5.74) is 0.740. The summed E-state index contributed by atoms with van der Waals surface area (Å²) >= 11 is 0. The predicted molar refractivity (Wildman–Crippen MR) is 89.8 cm³/mol. The molecule has 1 N–H and O–H groups in total. The fourth-order valence-electron chi connectivity index (χ4n) is 4.26. The number of methoxy groups -OCH3 is 1. The molecule has 0 unspecified atom stereocenters. The van der Waals surface area contributed by atoms with Crippen LogP contribution in [-0.4, -0.2) is 43.0 Å². The molecule has 2 atom stereocenters. The maximum atomic E-state index is 13.2. The van der Waals surface area contributed by atoms with Gasteiger partial charge in [0.1, 0.15) is 5.75 Å². The summed E-state index contributed by atoms with van der Waals surface area (Å²) in [7, 11) is 1.65. The summed E-state index contributed by atoms with van der Waals surface area (Å²) in [6, 6.07) is 8.02. The van der Waals surface area contributed by atoms with Gasteiger partial charge in [-0.15, -0.1) is 0 Å². The summed E-state index contributed by atoms with van der Waals surface area (Å²) in [4.78, 5) is 26.9. The fourth-order valence-corrected chi connectivity index (χ4v) is 4.26. The van der Waals surface area contributed by atoms with Gasteiger partial charge in [0.25, 0.3) is 0 Å². The number of carbonyl (C=O) groups is 2. The number of amides is 2. The maximum Gasteiger partial charge on any atom is 0.233 e. The van der Waals surface area contributed by atoms with Crippen LogP contribution < -0.4 is 10.1 Å². The lowest BCUT2D eigenvalue weighted by molar-refractivity contribution is -0.133. The van der Waals surface area contributed by atoms with Crippen LogP contribution in [0.1, 0.15) is 37.7 Å². The van der Waals surface area contributed by atoms with Gasteiger partial charge in [-0.2, -0.15) is 0 Å². The van der Waals surface area contributed by atoms with E-state index in [-0.39, 0.29) is 23.3 Å². The first-order valence-corrected chi connectivity index (χ1v) is 8.86. The van der Waals surface area contributed by atoms with Gasteiger partial charge in [0.05, 0.1) is 18.6 Å². The van der Waals surface area contributed by atoms with Crippen LogP contribution in [-0.2, 0) is 15.0 Å². The van der Waals surface area contributed by atoms with Gasteiger partial charge >= 0.3 is 0 Å². The Balaban J connectivity index is 1.50. The molecular weight excluding hydrogens is 304 g/mol. The molecule has 1 aliphatic carbocycles. The van der Waals surface area contributed by atoms with Crippen molar-refractivity contribution in [1.82, 2.24) is 10.2 Å². The lowest BCUT2D eigenvalue weighted by Gasteiger charge is -2.24. The Kier molecular flexibility index (Phi) is 3.74. The van der Waals surface area contributed by atoms with E-state index in [4.69, 9.17) is 4.74 Å². The number of nitrogens with one attached hydrogen (secondary N) is 1. The number of carbonyl (C=O) groups excluding carboxylic acids is 2. The minimum absolute atomic E-state index is 0.132. The maximum absolute atomic E-state index is 13.2. The average Bonchev–Trinajstić information content (AvgIpc) is 3.35. The Bertz CT molecular complexity index is 651. The van der Waals surface area contributed by atoms with E-state index < -0.39 is 0 Å². The quantitative estimate of drug-likeness (QED) is 0.921. The molecule has 0 bridgehead atoms. The van der Waals surface area contributed by atoms with Crippen LogP contribution >= 0.6 is 0 Å². The zero-order valence-electron chi connectivity index (χ0n) is 14.1. The Morgan fingerprint density at radius 2 is 2.00 bits per heavy atom. The molecule has 3 aliphatic rings. The number of hydrogen-bond donors (Lipinski definition) is 1. The molecule has 1 aromatic carbocycles. The molecule has 1 saturated carbocycles. The minimum atomic E-state index is -0.347. The Labute approximate surface area is 142 Å². The Hall–Kier alpha value is -2.04. The van der Waals surface area contributed by atoms with Gasteiger partial charge in [-0.3, -0.25) is 9.59 Å². The SMILES string of the molecule is COc1ccc(C2(C(=O)N3C[C@H]4CCCC(=O)N[C@H]4C3)CC2)cc1. The highest BCUT2D eigenvalue weighted by Gasteiger charge is 2.54. The zero-order valence-corrected chi connectivity index (χ0v) is 14.1. The lowest BCUT2D eigenvalue weighted by Crippen LogP contribution is -2.41. The Morgan fingerprint density at radius 1 is 1.25 bits per heavy atom. The smallest absolute Gasteiger partial charge is 0.233 e. The molecule has 0 radical (unpaired) electrons. The first-order chi connectivity index (χ1) is 11.6. The van der Waals surface area contributed by atoms with E-state index in [1.807, 2.05) is 29.2 Å². The van der Waals surface area contributed by atoms with Gasteiger partial charge in [-0.05, 0) is 49.3 Å². The molecule has 4 rings (SSSR count). The molecule has 2 saturated heterocycles. The van der Waals surface area contributed by atoms with Gasteiger partial charge in [0.2, 0.25) is 11.8 Å². The van der Waals surface area contributed by atoms with E-state index in [1.54, 1.807) is 7.11 Å². The third-order valence-electron chi connectivity index (χ3n) is 5.86. The number of nitrogens with zero attached hydrogens (tertiary/aromatic N) is 1. The normalized spacial score (nSPS) is 27.9. The topological polar surface area (TPSA) is 58.6 Å². The molecule has 5 heteroatoms. The van der Waals surface area contributed by atoms with Crippen LogP contribution in [0.25, 0.3) is 0 Å². The molecule has 0 aromatic heterocycles. The lowest BCUT2D eigenvalue weighted by atomic mass is 9.94. The van der Waals surface area contributed by atoms with Crippen molar-refractivity contribution in [3.63, 3.8) is 0 Å². The number of hydrogen-bond acceptors (Lipinski definition) is 3. The Morgan fingerprint density at radius 3 is 2.67 bits per heavy atom. The van der Waals surface area contributed by atoms with Crippen molar-refractivity contribution < 1.29 is 14.3 Å². The van der Waals surface area contributed by atoms with E-state index in [0.717, 1.165) is 43.5 Å². The standard InChI is InChI=1S/C19H24N2O3/c1-24-15-7-5-14(6-8-15)19(9-10-19)18(23)21-11-13-3-2-4-17(22)20-16(13)12-21/h5-8,13,16H,2-4,9-12H2,1H3,(H,20,22)/t13-,16+/m1/s1. The van der Waals surface area contributed by atoms with E-state index in [2.05, 4.69) is 5.32 Å². The van der Waals surface area contributed by atoms with Gasteiger partial charge in [0.15, 0.2) is 0 Å². The summed E-state index contributed by atoms with van der Waals surface area (Å²) in [6.45, 7) is 1.44. The number of rotatable bonds is 3. The zero-order chi connectivity index (χ0) is 16.7. The van der Waals surface area contributed by atoms with Crippen LogP contribution in [0.2, 0.25) is 0 Å². The molecular formula is C19H24N2O3. The highest BCUT2D eigenvalue weighted by atomic mass is 16.5. The summed E-state index contributed by atoms with van der Waals surface area (Å²) in [5.74, 6) is 1.59. The third kappa shape index (κ3) is 2.56. The first kappa shape index (κ1) is 15.5. The average molecular weight is 328 g/mol. The van der Waals surface area contributed by atoms with Crippen molar-refractivity contribution in [1.29, 1.82) is 0 Å². The van der Waals surface area contributed by atoms with E-state index in [0.29, 0.717) is 18.9 Å². The second-order valence-corrected chi connectivity index (χ2v) is 7.35. The van der Waals surface area contributed by atoms with Crippen molar-refractivity contribution in [2.24, 2.45) is 5.92 Å². The first-order valence-electron chi connectivity index (χ1n) is 8.86. The highest BCUT2D eigenvalue weighted by Crippen LogP contribution is 2.50. The minimum Gasteiger partial charge on any atom is -0.497 e. The van der Waals surface area contributed by atoms with Crippen molar-refractivity contribution in [3.8, 4) is 5.75 Å². The van der Waals surface area contributed by atoms with Crippen LogP contribution in [0, 0.1) is 5.92 Å². The second kappa shape index (κ2) is 5.80. The number of benzene rings is 1.